The van der Waals surface area contributed by atoms with Crippen LogP contribution in [0.25, 0.3) is 11.2 Å². The summed E-state index contributed by atoms with van der Waals surface area (Å²) in [7, 11) is 0. The molecule has 2 aromatic rings. The van der Waals surface area contributed by atoms with Crippen molar-refractivity contribution in [1.82, 2.24) is 14.5 Å². The molecule has 0 saturated heterocycles. The maximum Gasteiger partial charge on any atom is 0.160 e. The number of aromatic nitrogens is 3. The molecular weight excluding hydrogens is 257 g/mol. The normalized spacial score (nSPS) is 11.6. The quantitative estimate of drug-likeness (QED) is 0.781. The number of pyridine rings is 1. The first-order valence-corrected chi connectivity index (χ1v) is 6.70. The van der Waals surface area contributed by atoms with Crippen molar-refractivity contribution in [2.75, 3.05) is 0 Å². The predicted octanol–water partition coefficient (Wildman–Crippen LogP) is 4.18. The molecule has 0 aliphatic rings. The molecule has 0 bridgehead atoms. The molecule has 0 saturated carbocycles. The fourth-order valence-electron chi connectivity index (χ4n) is 2.14. The number of alkyl halides is 1. The Bertz CT molecular complexity index is 518. The van der Waals surface area contributed by atoms with Crippen molar-refractivity contribution in [2.45, 2.75) is 38.6 Å². The van der Waals surface area contributed by atoms with Crippen molar-refractivity contribution in [1.29, 1.82) is 0 Å². The first-order chi connectivity index (χ1) is 8.21. The molecule has 0 aliphatic heterocycles. The largest absolute Gasteiger partial charge is 0.309 e. The summed E-state index contributed by atoms with van der Waals surface area (Å²) in [6.07, 6.45) is 3.73. The second-order valence-electron chi connectivity index (χ2n) is 4.00. The van der Waals surface area contributed by atoms with E-state index in [9.17, 15) is 0 Å². The molecule has 0 aliphatic carbocycles. The van der Waals surface area contributed by atoms with Crippen molar-refractivity contribution in [3.8, 4) is 0 Å². The van der Waals surface area contributed by atoms with E-state index in [0.29, 0.717) is 16.9 Å². The predicted molar refractivity (Wildman–Crippen MR) is 71.7 cm³/mol. The minimum atomic E-state index is 0.391. The Balaban J connectivity index is 2.65. The molecule has 2 rings (SSSR count). The topological polar surface area (TPSA) is 30.7 Å². The van der Waals surface area contributed by atoms with Gasteiger partial charge in [-0.15, -0.1) is 11.6 Å². The van der Waals surface area contributed by atoms with Gasteiger partial charge in [0.2, 0.25) is 0 Å². The molecule has 2 heterocycles. The summed E-state index contributed by atoms with van der Waals surface area (Å²) in [6.45, 7) is 4.32. The Labute approximate surface area is 111 Å². The van der Waals surface area contributed by atoms with E-state index >= 15 is 0 Å². The van der Waals surface area contributed by atoms with Gasteiger partial charge in [-0.2, -0.15) is 0 Å². The van der Waals surface area contributed by atoms with Crippen LogP contribution in [0.2, 0.25) is 5.02 Å². The highest BCUT2D eigenvalue weighted by molar-refractivity contribution is 6.31. The molecule has 0 aromatic carbocycles. The Morgan fingerprint density at radius 2 is 2.06 bits per heavy atom. The number of hydrogen-bond donors (Lipinski definition) is 0. The Hall–Kier alpha value is -0.800. The molecular formula is C12H15Cl2N3. The maximum atomic E-state index is 5.96. The number of imidazole rings is 1. The third kappa shape index (κ3) is 2.26. The second kappa shape index (κ2) is 5.23. The van der Waals surface area contributed by atoms with Gasteiger partial charge in [-0.1, -0.05) is 25.4 Å². The van der Waals surface area contributed by atoms with Crippen molar-refractivity contribution in [2.24, 2.45) is 0 Å². The molecule has 0 radical (unpaired) electrons. The van der Waals surface area contributed by atoms with E-state index in [4.69, 9.17) is 23.2 Å². The van der Waals surface area contributed by atoms with E-state index in [0.717, 1.165) is 29.8 Å². The fraction of sp³-hybridized carbons (Fsp3) is 0.500. The van der Waals surface area contributed by atoms with Gasteiger partial charge in [-0.25, -0.2) is 9.97 Å². The summed E-state index contributed by atoms with van der Waals surface area (Å²) in [6, 6.07) is 2.22. The van der Waals surface area contributed by atoms with E-state index in [1.54, 1.807) is 6.20 Å². The van der Waals surface area contributed by atoms with Crippen LogP contribution in [0.1, 0.15) is 38.6 Å². The van der Waals surface area contributed by atoms with Gasteiger partial charge in [0.1, 0.15) is 11.3 Å². The zero-order valence-corrected chi connectivity index (χ0v) is 11.5. The SMILES string of the molecule is CCC(CC)n1c(CCl)nc2cc(Cl)cnc21. The van der Waals surface area contributed by atoms with E-state index in [-0.39, 0.29) is 0 Å². The van der Waals surface area contributed by atoms with Crippen LogP contribution in [0.5, 0.6) is 0 Å². The summed E-state index contributed by atoms with van der Waals surface area (Å²) in [5, 5.41) is 0.604. The highest BCUT2D eigenvalue weighted by Gasteiger charge is 2.17. The van der Waals surface area contributed by atoms with Crippen molar-refractivity contribution in [3.05, 3.63) is 23.1 Å². The summed E-state index contributed by atoms with van der Waals surface area (Å²) in [5.74, 6) is 1.26. The second-order valence-corrected chi connectivity index (χ2v) is 4.70. The molecule has 17 heavy (non-hydrogen) atoms. The van der Waals surface area contributed by atoms with Crippen LogP contribution in [0.3, 0.4) is 0 Å². The minimum Gasteiger partial charge on any atom is -0.309 e. The Morgan fingerprint density at radius 3 is 2.65 bits per heavy atom. The van der Waals surface area contributed by atoms with Crippen LogP contribution in [-0.4, -0.2) is 14.5 Å². The van der Waals surface area contributed by atoms with Gasteiger partial charge in [0.15, 0.2) is 5.65 Å². The zero-order chi connectivity index (χ0) is 12.4. The van der Waals surface area contributed by atoms with Crippen molar-refractivity contribution < 1.29 is 0 Å². The highest BCUT2D eigenvalue weighted by atomic mass is 35.5. The summed E-state index contributed by atoms with van der Waals surface area (Å²) >= 11 is 11.9. The van der Waals surface area contributed by atoms with Gasteiger partial charge < -0.3 is 4.57 Å². The van der Waals surface area contributed by atoms with Crippen LogP contribution >= 0.6 is 23.2 Å². The Morgan fingerprint density at radius 1 is 1.35 bits per heavy atom. The summed E-state index contributed by atoms with van der Waals surface area (Å²) < 4.78 is 2.14. The first kappa shape index (κ1) is 12.7. The Kier molecular flexibility index (Phi) is 3.89. The summed E-state index contributed by atoms with van der Waals surface area (Å²) in [4.78, 5) is 8.87. The average Bonchev–Trinajstić information content (AvgIpc) is 2.69. The number of rotatable bonds is 4. The van der Waals surface area contributed by atoms with E-state index in [2.05, 4.69) is 28.4 Å². The van der Waals surface area contributed by atoms with Gasteiger partial charge in [0.25, 0.3) is 0 Å². The van der Waals surface area contributed by atoms with Crippen molar-refractivity contribution >= 4 is 34.4 Å². The average molecular weight is 272 g/mol. The number of nitrogens with zero attached hydrogens (tertiary/aromatic N) is 3. The van der Waals surface area contributed by atoms with Crippen LogP contribution < -0.4 is 0 Å². The molecule has 92 valence electrons. The van der Waals surface area contributed by atoms with Crippen LogP contribution in [-0.2, 0) is 5.88 Å². The van der Waals surface area contributed by atoms with Gasteiger partial charge >= 0.3 is 0 Å². The minimum absolute atomic E-state index is 0.391. The third-order valence-corrected chi connectivity index (χ3v) is 3.44. The van der Waals surface area contributed by atoms with Gasteiger partial charge in [0, 0.05) is 12.2 Å². The zero-order valence-electron chi connectivity index (χ0n) is 9.95. The monoisotopic (exact) mass is 271 g/mol. The van der Waals surface area contributed by atoms with E-state index in [1.165, 1.54) is 0 Å². The van der Waals surface area contributed by atoms with E-state index < -0.39 is 0 Å². The molecule has 0 fully saturated rings. The standard InChI is InChI=1S/C12H15Cl2N3/c1-3-9(4-2)17-11(6-13)16-10-5-8(14)7-15-12(10)17/h5,7,9H,3-4,6H2,1-2H3. The fourth-order valence-corrected chi connectivity index (χ4v) is 2.48. The van der Waals surface area contributed by atoms with Crippen LogP contribution in [0.4, 0.5) is 0 Å². The molecule has 5 heteroatoms. The molecule has 3 nitrogen and oxygen atoms in total. The van der Waals surface area contributed by atoms with Crippen molar-refractivity contribution in [3.63, 3.8) is 0 Å². The smallest absolute Gasteiger partial charge is 0.160 e. The molecule has 0 unspecified atom stereocenters. The van der Waals surface area contributed by atoms with Crippen LogP contribution in [0.15, 0.2) is 12.3 Å². The number of hydrogen-bond acceptors (Lipinski definition) is 2. The molecule has 2 aromatic heterocycles. The van der Waals surface area contributed by atoms with Gasteiger partial charge in [-0.05, 0) is 18.9 Å². The number of fused-ring (bicyclic) bond motifs is 1. The third-order valence-electron chi connectivity index (χ3n) is 3.00. The molecule has 0 amide bonds. The highest BCUT2D eigenvalue weighted by Crippen LogP contribution is 2.26. The van der Waals surface area contributed by atoms with Gasteiger partial charge in [0.05, 0.1) is 10.9 Å². The van der Waals surface area contributed by atoms with Gasteiger partial charge in [-0.3, -0.25) is 0 Å². The molecule has 0 spiro atoms. The maximum absolute atomic E-state index is 5.96. The lowest BCUT2D eigenvalue weighted by molar-refractivity contribution is 0.469. The van der Waals surface area contributed by atoms with E-state index in [1.807, 2.05) is 6.07 Å². The lowest BCUT2D eigenvalue weighted by Crippen LogP contribution is -2.10. The summed E-state index contributed by atoms with van der Waals surface area (Å²) in [5.41, 5.74) is 1.69. The lowest BCUT2D eigenvalue weighted by Gasteiger charge is -2.17. The lowest BCUT2D eigenvalue weighted by atomic mass is 10.1. The molecule has 0 atom stereocenters. The number of halogens is 2. The molecule has 0 N–H and O–H groups in total. The van der Waals surface area contributed by atoms with Crippen LogP contribution in [0, 0.1) is 0 Å². The first-order valence-electron chi connectivity index (χ1n) is 5.79.